The SMILES string of the molecule is C=NC(=N)C(N=C(C)c1ccc(C(=O)N(C)C)cc1)=C1NN=C(c2cccc(O)c2)O1. The number of benzene rings is 2. The number of rotatable bonds is 5. The van der Waals surface area contributed by atoms with Gasteiger partial charge in [-0.2, -0.15) is 0 Å². The number of aliphatic imine (C=N–C) groups is 2. The molecule has 0 bridgehead atoms. The van der Waals surface area contributed by atoms with Gasteiger partial charge in [0, 0.05) is 30.9 Å². The molecule has 0 radical (unpaired) electrons. The van der Waals surface area contributed by atoms with Crippen LogP contribution in [0.25, 0.3) is 0 Å². The van der Waals surface area contributed by atoms with Crippen LogP contribution in [0.15, 0.2) is 75.2 Å². The number of hydrogen-bond acceptors (Lipinski definition) is 7. The lowest BCUT2D eigenvalue weighted by Crippen LogP contribution is -2.21. The molecule has 0 saturated carbocycles. The maximum absolute atomic E-state index is 12.1. The van der Waals surface area contributed by atoms with Gasteiger partial charge in [0.2, 0.25) is 11.8 Å². The van der Waals surface area contributed by atoms with Gasteiger partial charge in [0.1, 0.15) is 5.75 Å². The topological polar surface area (TPSA) is 123 Å². The maximum atomic E-state index is 12.1. The van der Waals surface area contributed by atoms with Crippen LogP contribution in [-0.2, 0) is 4.74 Å². The molecule has 0 fully saturated rings. The summed E-state index contributed by atoms with van der Waals surface area (Å²) in [5, 5.41) is 21.9. The van der Waals surface area contributed by atoms with Crippen LogP contribution >= 0.6 is 0 Å². The summed E-state index contributed by atoms with van der Waals surface area (Å²) in [5.74, 6) is 0.122. The van der Waals surface area contributed by atoms with Crippen molar-refractivity contribution < 1.29 is 14.6 Å². The van der Waals surface area contributed by atoms with Crippen molar-refractivity contribution in [2.45, 2.75) is 6.92 Å². The molecule has 2 aromatic carbocycles. The van der Waals surface area contributed by atoms with Crippen molar-refractivity contribution in [1.29, 1.82) is 5.41 Å². The number of carbonyl (C=O) groups excluding carboxylic acids is 1. The van der Waals surface area contributed by atoms with E-state index in [0.29, 0.717) is 16.8 Å². The fourth-order valence-electron chi connectivity index (χ4n) is 2.74. The number of nitrogens with one attached hydrogen (secondary N) is 2. The largest absolute Gasteiger partial charge is 0.508 e. The lowest BCUT2D eigenvalue weighted by molar-refractivity contribution is 0.0827. The van der Waals surface area contributed by atoms with E-state index >= 15 is 0 Å². The Bertz CT molecular complexity index is 1130. The average Bonchev–Trinajstić information content (AvgIpc) is 3.26. The number of carbonyl (C=O) groups is 1. The summed E-state index contributed by atoms with van der Waals surface area (Å²) in [6.45, 7) is 5.16. The molecule has 0 aliphatic carbocycles. The first-order valence-electron chi connectivity index (χ1n) is 9.28. The van der Waals surface area contributed by atoms with E-state index in [1.165, 1.54) is 17.0 Å². The van der Waals surface area contributed by atoms with Crippen molar-refractivity contribution >= 4 is 30.1 Å². The second-order valence-electron chi connectivity index (χ2n) is 6.84. The molecular formula is C22H22N6O3. The number of hydrazone groups is 1. The van der Waals surface area contributed by atoms with Gasteiger partial charge in [0.05, 0.1) is 0 Å². The molecule has 1 heterocycles. The Balaban J connectivity index is 1.90. The van der Waals surface area contributed by atoms with E-state index < -0.39 is 0 Å². The number of nitrogens with zero attached hydrogens (tertiary/aromatic N) is 4. The van der Waals surface area contributed by atoms with E-state index in [4.69, 9.17) is 10.1 Å². The number of ether oxygens (including phenoxy) is 1. The van der Waals surface area contributed by atoms with Crippen molar-refractivity contribution in [2.24, 2.45) is 15.1 Å². The molecule has 0 saturated heterocycles. The van der Waals surface area contributed by atoms with Crippen LogP contribution in [-0.4, -0.2) is 54.2 Å². The minimum absolute atomic E-state index is 0.0759. The number of aromatic hydroxyl groups is 1. The lowest BCUT2D eigenvalue weighted by atomic mass is 10.1. The molecule has 9 heteroatoms. The monoisotopic (exact) mass is 418 g/mol. The van der Waals surface area contributed by atoms with E-state index in [1.54, 1.807) is 57.4 Å². The highest BCUT2D eigenvalue weighted by Gasteiger charge is 2.22. The standard InChI is InChI=1S/C22H22N6O3/c1-13(14-8-10-15(11-9-14)22(30)28(3)4)25-18(19(23)24-2)21-27-26-20(31-21)16-6-5-7-17(29)12-16/h5-12,23,27,29H,2H2,1,3-4H3. The predicted molar refractivity (Wildman–Crippen MR) is 120 cm³/mol. The van der Waals surface area contributed by atoms with Gasteiger partial charge in [0.15, 0.2) is 11.5 Å². The molecule has 158 valence electrons. The Morgan fingerprint density at radius 3 is 2.48 bits per heavy atom. The third-order valence-corrected chi connectivity index (χ3v) is 4.38. The van der Waals surface area contributed by atoms with Crippen LogP contribution in [0.5, 0.6) is 5.75 Å². The number of hydrogen-bond donors (Lipinski definition) is 3. The Morgan fingerprint density at radius 1 is 1.19 bits per heavy atom. The average molecular weight is 418 g/mol. The Morgan fingerprint density at radius 2 is 1.87 bits per heavy atom. The number of amidine groups is 1. The lowest BCUT2D eigenvalue weighted by Gasteiger charge is -2.11. The summed E-state index contributed by atoms with van der Waals surface area (Å²) in [6.07, 6.45) is 0. The smallest absolute Gasteiger partial charge is 0.253 e. The van der Waals surface area contributed by atoms with Gasteiger partial charge >= 0.3 is 0 Å². The third kappa shape index (κ3) is 4.84. The predicted octanol–water partition coefficient (Wildman–Crippen LogP) is 2.73. The Kier molecular flexibility index (Phi) is 6.25. The van der Waals surface area contributed by atoms with Gasteiger partial charge in [-0.3, -0.25) is 10.2 Å². The Hall–Kier alpha value is -4.27. The van der Waals surface area contributed by atoms with Crippen LogP contribution in [0.1, 0.15) is 28.4 Å². The molecule has 0 unspecified atom stereocenters. The van der Waals surface area contributed by atoms with Gasteiger partial charge < -0.3 is 14.7 Å². The number of amides is 1. The zero-order chi connectivity index (χ0) is 22.5. The highest BCUT2D eigenvalue weighted by molar-refractivity contribution is 6.06. The van der Waals surface area contributed by atoms with E-state index in [2.05, 4.69) is 27.2 Å². The first-order chi connectivity index (χ1) is 14.8. The second-order valence-corrected chi connectivity index (χ2v) is 6.84. The van der Waals surface area contributed by atoms with Gasteiger partial charge in [0.25, 0.3) is 5.91 Å². The molecule has 3 rings (SSSR count). The summed E-state index contributed by atoms with van der Waals surface area (Å²) in [4.78, 5) is 21.7. The number of phenolic OH excluding ortho intramolecular Hbond substituents is 1. The minimum Gasteiger partial charge on any atom is -0.508 e. The molecular weight excluding hydrogens is 396 g/mol. The van der Waals surface area contributed by atoms with E-state index in [0.717, 1.165) is 5.56 Å². The van der Waals surface area contributed by atoms with Crippen molar-refractivity contribution in [3.63, 3.8) is 0 Å². The highest BCUT2D eigenvalue weighted by atomic mass is 16.5. The summed E-state index contributed by atoms with van der Waals surface area (Å²) in [6, 6.07) is 13.4. The third-order valence-electron chi connectivity index (χ3n) is 4.38. The first kappa shape index (κ1) is 21.4. The fourth-order valence-corrected chi connectivity index (χ4v) is 2.74. The van der Waals surface area contributed by atoms with Gasteiger partial charge in [-0.25, -0.2) is 15.4 Å². The van der Waals surface area contributed by atoms with Crippen LogP contribution in [0.2, 0.25) is 0 Å². The number of phenols is 1. The van der Waals surface area contributed by atoms with Gasteiger partial charge in [-0.15, -0.1) is 5.10 Å². The second kappa shape index (κ2) is 9.04. The molecule has 9 nitrogen and oxygen atoms in total. The van der Waals surface area contributed by atoms with Crippen molar-refractivity contribution in [1.82, 2.24) is 10.3 Å². The van der Waals surface area contributed by atoms with Crippen LogP contribution < -0.4 is 5.43 Å². The van der Waals surface area contributed by atoms with Crippen molar-refractivity contribution in [3.05, 3.63) is 76.8 Å². The first-order valence-corrected chi connectivity index (χ1v) is 9.28. The fraction of sp³-hybridized carbons (Fsp3) is 0.136. The van der Waals surface area contributed by atoms with Crippen LogP contribution in [0, 0.1) is 5.41 Å². The quantitative estimate of drug-likeness (QED) is 0.510. The molecule has 0 aromatic heterocycles. The molecule has 0 atom stereocenters. The molecule has 1 aliphatic rings. The van der Waals surface area contributed by atoms with E-state index in [1.807, 2.05) is 0 Å². The summed E-state index contributed by atoms with van der Waals surface area (Å²) in [7, 11) is 3.38. The molecule has 0 spiro atoms. The van der Waals surface area contributed by atoms with E-state index in [-0.39, 0.29) is 35.0 Å². The molecule has 2 aromatic rings. The summed E-state index contributed by atoms with van der Waals surface area (Å²) in [5.41, 5.74) is 5.28. The van der Waals surface area contributed by atoms with Gasteiger partial charge in [-0.1, -0.05) is 18.2 Å². The maximum Gasteiger partial charge on any atom is 0.253 e. The van der Waals surface area contributed by atoms with Crippen LogP contribution in [0.3, 0.4) is 0 Å². The zero-order valence-electron chi connectivity index (χ0n) is 17.4. The molecule has 1 aliphatic heterocycles. The van der Waals surface area contributed by atoms with Gasteiger partial charge in [-0.05, 0) is 49.5 Å². The molecule has 31 heavy (non-hydrogen) atoms. The van der Waals surface area contributed by atoms with Crippen LogP contribution in [0.4, 0.5) is 0 Å². The molecule has 3 N–H and O–H groups in total. The van der Waals surface area contributed by atoms with Crippen molar-refractivity contribution in [2.75, 3.05) is 14.1 Å². The highest BCUT2D eigenvalue weighted by Crippen LogP contribution is 2.20. The molecule has 1 amide bonds. The van der Waals surface area contributed by atoms with Crippen molar-refractivity contribution in [3.8, 4) is 5.75 Å². The zero-order valence-corrected chi connectivity index (χ0v) is 17.4. The van der Waals surface area contributed by atoms with E-state index in [9.17, 15) is 9.90 Å². The summed E-state index contributed by atoms with van der Waals surface area (Å²) >= 11 is 0. The summed E-state index contributed by atoms with van der Waals surface area (Å²) < 4.78 is 5.72. The Labute approximate surface area is 179 Å². The minimum atomic E-state index is -0.200. The normalized spacial score (nSPS) is 14.8.